The van der Waals surface area contributed by atoms with Crippen molar-refractivity contribution < 1.29 is 23.1 Å². The van der Waals surface area contributed by atoms with E-state index in [0.717, 1.165) is 11.1 Å². The number of β-amino-alcohol motifs (C(OH)–C–C–N with tert-alkyl or cyclic N) is 1. The third-order valence-corrected chi connectivity index (χ3v) is 8.77. The van der Waals surface area contributed by atoms with Crippen LogP contribution in [0.4, 0.5) is 0 Å². The van der Waals surface area contributed by atoms with Gasteiger partial charge in [0.15, 0.2) is 0 Å². The normalized spacial score (nSPS) is 21.8. The molecule has 2 aliphatic rings. The van der Waals surface area contributed by atoms with Gasteiger partial charge in [0.05, 0.1) is 18.9 Å². The second kappa shape index (κ2) is 11.0. The van der Waals surface area contributed by atoms with Gasteiger partial charge in [-0.25, -0.2) is 23.1 Å². The van der Waals surface area contributed by atoms with E-state index in [1.807, 2.05) is 25.2 Å². The largest absolute Gasteiger partial charge is 0.492 e. The third-order valence-electron chi connectivity index (χ3n) is 7.31. The van der Waals surface area contributed by atoms with Gasteiger partial charge in [-0.2, -0.15) is 5.10 Å². The van der Waals surface area contributed by atoms with Crippen LogP contribution in [0.25, 0.3) is 11.1 Å². The number of aliphatic hydroxyl groups excluding tert-OH is 1. The molecule has 1 amide bonds. The van der Waals surface area contributed by atoms with Crippen molar-refractivity contribution in [3.63, 3.8) is 0 Å². The molecule has 13 heteroatoms. The summed E-state index contributed by atoms with van der Waals surface area (Å²) in [4.78, 5) is 24.9. The quantitative estimate of drug-likeness (QED) is 0.469. The van der Waals surface area contributed by atoms with E-state index in [-0.39, 0.29) is 47.5 Å². The van der Waals surface area contributed by atoms with Gasteiger partial charge in [0.1, 0.15) is 10.6 Å². The maximum atomic E-state index is 13.2. The van der Waals surface area contributed by atoms with Crippen molar-refractivity contribution in [1.82, 2.24) is 34.3 Å². The molecule has 1 unspecified atom stereocenters. The molecule has 4 heterocycles. The van der Waals surface area contributed by atoms with Gasteiger partial charge >= 0.3 is 0 Å². The zero-order chi connectivity index (χ0) is 27.6. The average molecular weight is 556 g/mol. The second-order valence-electron chi connectivity index (χ2n) is 10.4. The molecule has 2 aliphatic heterocycles. The lowest BCUT2D eigenvalue weighted by molar-refractivity contribution is 0.0155. The molecule has 0 saturated carbocycles. The van der Waals surface area contributed by atoms with E-state index in [1.165, 1.54) is 6.07 Å². The number of piperidine rings is 1. The number of rotatable bonds is 2. The fourth-order valence-electron chi connectivity index (χ4n) is 5.25. The molecule has 0 bridgehead atoms. The number of likely N-dealkylation sites (tertiary alicyclic amines) is 1. The molecule has 208 valence electrons. The van der Waals surface area contributed by atoms with E-state index in [1.54, 1.807) is 46.4 Å². The number of aromatic nitrogens is 4. The van der Waals surface area contributed by atoms with Gasteiger partial charge in [0, 0.05) is 69.3 Å². The highest BCUT2D eigenvalue weighted by atomic mass is 32.2. The lowest BCUT2D eigenvalue weighted by Crippen LogP contribution is -2.51. The molecular formula is C26H33N7O5S. The monoisotopic (exact) mass is 555 g/mol. The van der Waals surface area contributed by atoms with Crippen molar-refractivity contribution in [3.8, 4) is 16.9 Å². The first-order valence-corrected chi connectivity index (χ1v) is 14.3. The molecule has 2 N–H and O–H groups in total. The Morgan fingerprint density at radius 3 is 2.59 bits per heavy atom. The molecule has 0 aliphatic carbocycles. The highest BCUT2D eigenvalue weighted by molar-refractivity contribution is 7.89. The van der Waals surface area contributed by atoms with Gasteiger partial charge < -0.3 is 19.6 Å². The summed E-state index contributed by atoms with van der Waals surface area (Å²) in [7, 11) is -0.236. The molecule has 1 aromatic carbocycles. The predicted octanol–water partition coefficient (Wildman–Crippen LogP) is 0.763. The average Bonchev–Trinajstić information content (AvgIpc) is 3.37. The highest BCUT2D eigenvalue weighted by Crippen LogP contribution is 2.36. The number of nitrogens with one attached hydrogen (secondary N) is 1. The van der Waals surface area contributed by atoms with Gasteiger partial charge in [-0.05, 0) is 43.7 Å². The van der Waals surface area contributed by atoms with Crippen molar-refractivity contribution in [2.24, 2.45) is 12.5 Å². The molecule has 39 heavy (non-hydrogen) atoms. The fraction of sp³-hybridized carbons (Fsp3) is 0.462. The number of carbonyl (C=O) groups excluding carboxylic acids is 1. The van der Waals surface area contributed by atoms with Crippen LogP contribution < -0.4 is 9.46 Å². The summed E-state index contributed by atoms with van der Waals surface area (Å²) in [6, 6.07) is 6.64. The topological polar surface area (TPSA) is 143 Å². The number of aryl methyl sites for hydroxylation is 1. The van der Waals surface area contributed by atoms with Crippen LogP contribution in [-0.2, 0) is 17.1 Å². The number of hydrogen-bond donors (Lipinski definition) is 2. The van der Waals surface area contributed by atoms with Crippen LogP contribution in [0.15, 0.2) is 53.9 Å². The molecule has 1 spiro atoms. The summed E-state index contributed by atoms with van der Waals surface area (Å²) in [5.41, 5.74) is 1.24. The first kappa shape index (κ1) is 27.2. The number of nitrogens with zero attached hydrogens (tertiary/aromatic N) is 6. The minimum atomic E-state index is -3.95. The molecule has 1 saturated heterocycles. The van der Waals surface area contributed by atoms with Crippen molar-refractivity contribution in [2.45, 2.75) is 23.8 Å². The Labute approximate surface area is 227 Å². The van der Waals surface area contributed by atoms with Gasteiger partial charge in [-0.3, -0.25) is 9.48 Å². The van der Waals surface area contributed by atoms with Crippen LogP contribution in [0.1, 0.15) is 23.5 Å². The summed E-state index contributed by atoms with van der Waals surface area (Å²) < 4.78 is 37.0. The number of ether oxygens (including phenoxy) is 1. The number of amides is 1. The lowest BCUT2D eigenvalue weighted by Gasteiger charge is -2.43. The second-order valence-corrected chi connectivity index (χ2v) is 12.2. The van der Waals surface area contributed by atoms with Gasteiger partial charge in [0.2, 0.25) is 15.8 Å². The van der Waals surface area contributed by atoms with Crippen LogP contribution >= 0.6 is 0 Å². The van der Waals surface area contributed by atoms with Gasteiger partial charge in [-0.15, -0.1) is 0 Å². The molecule has 0 radical (unpaired) electrons. The van der Waals surface area contributed by atoms with Gasteiger partial charge in [0.25, 0.3) is 5.91 Å². The SMILES string of the molecule is CN1CC(O)CNS(=O)(=O)c2ccc(-c3cnn(C)c3)cc2OCC2(CCN(C(=O)c3ncccn3)CC2)C1. The minimum Gasteiger partial charge on any atom is -0.492 e. The number of aliphatic hydroxyl groups is 1. The maximum Gasteiger partial charge on any atom is 0.291 e. The van der Waals surface area contributed by atoms with E-state index < -0.39 is 16.1 Å². The van der Waals surface area contributed by atoms with E-state index in [0.29, 0.717) is 32.5 Å². The molecule has 3 aromatic rings. The molecule has 1 fully saturated rings. The summed E-state index contributed by atoms with van der Waals surface area (Å²) in [5.74, 6) is 0.183. The number of carbonyl (C=O) groups is 1. The first-order valence-electron chi connectivity index (χ1n) is 12.8. The summed E-state index contributed by atoms with van der Waals surface area (Å²) in [5, 5.41) is 14.8. The first-order chi connectivity index (χ1) is 18.6. The zero-order valence-electron chi connectivity index (χ0n) is 22.0. The van der Waals surface area contributed by atoms with Crippen LogP contribution in [-0.4, -0.2) is 101 Å². The van der Waals surface area contributed by atoms with Crippen LogP contribution in [0.3, 0.4) is 0 Å². The molecule has 2 aromatic heterocycles. The van der Waals surface area contributed by atoms with Crippen molar-refractivity contribution in [2.75, 3.05) is 46.4 Å². The number of benzene rings is 1. The Morgan fingerprint density at radius 1 is 1.15 bits per heavy atom. The number of likely N-dealkylation sites (N-methyl/N-ethyl adjacent to an activating group) is 1. The highest BCUT2D eigenvalue weighted by Gasteiger charge is 2.39. The number of fused-ring (bicyclic) bond motifs is 1. The summed E-state index contributed by atoms with van der Waals surface area (Å²) >= 11 is 0. The Bertz CT molecular complexity index is 1420. The van der Waals surface area contributed by atoms with Crippen LogP contribution in [0.2, 0.25) is 0 Å². The summed E-state index contributed by atoms with van der Waals surface area (Å²) in [6.07, 6.45) is 7.03. The van der Waals surface area contributed by atoms with E-state index >= 15 is 0 Å². The fourth-order valence-corrected chi connectivity index (χ4v) is 6.45. The van der Waals surface area contributed by atoms with E-state index in [9.17, 15) is 18.3 Å². The van der Waals surface area contributed by atoms with Crippen molar-refractivity contribution in [1.29, 1.82) is 0 Å². The van der Waals surface area contributed by atoms with Crippen LogP contribution in [0, 0.1) is 5.41 Å². The minimum absolute atomic E-state index is 0.0141. The Kier molecular flexibility index (Phi) is 7.67. The van der Waals surface area contributed by atoms with Gasteiger partial charge in [-0.1, -0.05) is 6.07 Å². The Balaban J connectivity index is 1.44. The lowest BCUT2D eigenvalue weighted by atomic mass is 9.78. The smallest absolute Gasteiger partial charge is 0.291 e. The number of sulfonamides is 1. The summed E-state index contributed by atoms with van der Waals surface area (Å²) in [6.45, 7) is 1.99. The molecule has 5 rings (SSSR count). The standard InChI is InChI=1S/C26H33N7O5S/c1-31-16-21(34)14-30-39(36,37)23-5-4-19(20-13-29-32(2)15-20)12-22(23)38-18-26(17-31)6-10-33(11-7-26)25(35)24-27-8-3-9-28-24/h3-5,8-9,12-13,15,21,30,34H,6-7,10-11,14,16-18H2,1-2H3. The molecule has 12 nitrogen and oxygen atoms in total. The van der Waals surface area contributed by atoms with E-state index in [2.05, 4.69) is 19.8 Å². The molecule has 1 atom stereocenters. The van der Waals surface area contributed by atoms with Crippen LogP contribution in [0.5, 0.6) is 5.75 Å². The predicted molar refractivity (Wildman–Crippen MR) is 142 cm³/mol. The van der Waals surface area contributed by atoms with Crippen molar-refractivity contribution in [3.05, 3.63) is 54.9 Å². The maximum absolute atomic E-state index is 13.2. The Hall–Kier alpha value is -3.39. The number of hydrogen-bond acceptors (Lipinski definition) is 9. The Morgan fingerprint density at radius 2 is 1.90 bits per heavy atom. The van der Waals surface area contributed by atoms with E-state index in [4.69, 9.17) is 4.74 Å². The zero-order valence-corrected chi connectivity index (χ0v) is 22.8. The third kappa shape index (κ3) is 6.11. The van der Waals surface area contributed by atoms with Crippen molar-refractivity contribution >= 4 is 15.9 Å². The molecular weight excluding hydrogens is 522 g/mol.